The second kappa shape index (κ2) is 4.07. The van der Waals surface area contributed by atoms with Crippen molar-refractivity contribution in [3.8, 4) is 0 Å². The molecule has 1 aliphatic rings. The fraction of sp³-hybridized carbons (Fsp3) is 0.556. The van der Waals surface area contributed by atoms with Gasteiger partial charge in [-0.1, -0.05) is 6.58 Å². The predicted molar refractivity (Wildman–Crippen MR) is 46.9 cm³/mol. The molecule has 0 radical (unpaired) electrons. The van der Waals surface area contributed by atoms with Crippen LogP contribution in [-0.4, -0.2) is 36.5 Å². The summed E-state index contributed by atoms with van der Waals surface area (Å²) in [6.45, 7) is 4.00. The molecule has 0 aromatic rings. The minimum absolute atomic E-state index is 0.201. The second-order valence-electron chi connectivity index (χ2n) is 2.92. The molecule has 0 bridgehead atoms. The Morgan fingerprint density at radius 2 is 2.31 bits per heavy atom. The van der Waals surface area contributed by atoms with E-state index in [1.807, 2.05) is 0 Å². The van der Waals surface area contributed by atoms with E-state index in [0.717, 1.165) is 6.42 Å². The number of hydrogen-bond acceptors (Lipinski definition) is 3. The third kappa shape index (κ3) is 1.88. The lowest BCUT2D eigenvalue weighted by molar-refractivity contribution is -0.149. The zero-order valence-corrected chi connectivity index (χ0v) is 7.66. The molecular formula is C9H13NO3. The Morgan fingerprint density at radius 3 is 2.85 bits per heavy atom. The molecule has 0 saturated carbocycles. The number of likely N-dealkylation sites (tertiary alicyclic amines) is 1. The Balaban J connectivity index is 2.68. The van der Waals surface area contributed by atoms with Crippen LogP contribution in [0.1, 0.15) is 12.8 Å². The van der Waals surface area contributed by atoms with Crippen molar-refractivity contribution in [3.05, 3.63) is 12.7 Å². The van der Waals surface area contributed by atoms with Gasteiger partial charge in [-0.25, -0.2) is 4.79 Å². The second-order valence-corrected chi connectivity index (χ2v) is 2.92. The van der Waals surface area contributed by atoms with E-state index in [1.165, 1.54) is 18.1 Å². The van der Waals surface area contributed by atoms with Gasteiger partial charge in [0, 0.05) is 6.54 Å². The van der Waals surface area contributed by atoms with Gasteiger partial charge in [-0.3, -0.25) is 4.79 Å². The molecule has 1 atom stereocenters. The molecule has 0 N–H and O–H groups in total. The maximum atomic E-state index is 11.2. The van der Waals surface area contributed by atoms with Gasteiger partial charge < -0.3 is 9.64 Å². The molecule has 0 aromatic heterocycles. The van der Waals surface area contributed by atoms with E-state index in [4.69, 9.17) is 0 Å². The molecule has 0 unspecified atom stereocenters. The van der Waals surface area contributed by atoms with Gasteiger partial charge in [0.05, 0.1) is 7.11 Å². The first-order valence-electron chi connectivity index (χ1n) is 4.21. The van der Waals surface area contributed by atoms with E-state index < -0.39 is 6.04 Å². The highest BCUT2D eigenvalue weighted by atomic mass is 16.5. The number of esters is 1. The van der Waals surface area contributed by atoms with Crippen molar-refractivity contribution in [1.29, 1.82) is 0 Å². The lowest BCUT2D eigenvalue weighted by Gasteiger charge is -2.20. The number of amides is 1. The van der Waals surface area contributed by atoms with Gasteiger partial charge in [0.15, 0.2) is 0 Å². The van der Waals surface area contributed by atoms with Gasteiger partial charge in [0.1, 0.15) is 6.04 Å². The van der Waals surface area contributed by atoms with Crippen LogP contribution in [0.15, 0.2) is 12.7 Å². The van der Waals surface area contributed by atoms with Crippen LogP contribution in [0.3, 0.4) is 0 Å². The smallest absolute Gasteiger partial charge is 0.328 e. The first kappa shape index (κ1) is 9.77. The van der Waals surface area contributed by atoms with Gasteiger partial charge in [0.25, 0.3) is 0 Å². The zero-order valence-electron chi connectivity index (χ0n) is 7.66. The number of carbonyl (C=O) groups excluding carboxylic acids is 2. The SMILES string of the molecule is C=CC(=O)N1CCC[C@@H]1C(=O)OC. The number of carbonyl (C=O) groups is 2. The molecule has 0 aliphatic carbocycles. The van der Waals surface area contributed by atoms with Crippen molar-refractivity contribution >= 4 is 11.9 Å². The van der Waals surface area contributed by atoms with Crippen LogP contribution in [-0.2, 0) is 14.3 Å². The third-order valence-electron chi connectivity index (χ3n) is 2.18. The highest BCUT2D eigenvalue weighted by molar-refractivity contribution is 5.91. The summed E-state index contributed by atoms with van der Waals surface area (Å²) >= 11 is 0. The number of hydrogen-bond donors (Lipinski definition) is 0. The van der Waals surface area contributed by atoms with Crippen molar-refractivity contribution in [3.63, 3.8) is 0 Å². The first-order valence-corrected chi connectivity index (χ1v) is 4.21. The van der Waals surface area contributed by atoms with E-state index in [-0.39, 0.29) is 11.9 Å². The van der Waals surface area contributed by atoms with Gasteiger partial charge in [-0.15, -0.1) is 0 Å². The summed E-state index contributed by atoms with van der Waals surface area (Å²) in [6, 6.07) is -0.407. The summed E-state index contributed by atoms with van der Waals surface area (Å²) in [5.74, 6) is -0.541. The lowest BCUT2D eigenvalue weighted by Crippen LogP contribution is -2.40. The number of rotatable bonds is 2. The van der Waals surface area contributed by atoms with Gasteiger partial charge in [-0.2, -0.15) is 0 Å². The van der Waals surface area contributed by atoms with E-state index in [0.29, 0.717) is 13.0 Å². The summed E-state index contributed by atoms with van der Waals surface area (Å²) in [5.41, 5.74) is 0. The lowest BCUT2D eigenvalue weighted by atomic mass is 10.2. The highest BCUT2D eigenvalue weighted by Gasteiger charge is 2.33. The van der Waals surface area contributed by atoms with Gasteiger partial charge in [-0.05, 0) is 18.9 Å². The normalized spacial score (nSPS) is 21.3. The molecule has 13 heavy (non-hydrogen) atoms. The van der Waals surface area contributed by atoms with Gasteiger partial charge >= 0.3 is 5.97 Å². The standard InChI is InChI=1S/C9H13NO3/c1-3-8(11)10-6-4-5-7(10)9(12)13-2/h3,7H,1,4-6H2,2H3/t7-/m1/s1. The maximum absolute atomic E-state index is 11.2. The largest absolute Gasteiger partial charge is 0.467 e. The fourth-order valence-electron chi connectivity index (χ4n) is 1.53. The Bertz CT molecular complexity index is 237. The number of ether oxygens (including phenoxy) is 1. The molecule has 1 rings (SSSR count). The van der Waals surface area contributed by atoms with Crippen LogP contribution < -0.4 is 0 Å². The van der Waals surface area contributed by atoms with E-state index in [1.54, 1.807) is 0 Å². The molecule has 1 saturated heterocycles. The molecule has 1 aliphatic heterocycles. The van der Waals surface area contributed by atoms with Crippen LogP contribution in [0, 0.1) is 0 Å². The van der Waals surface area contributed by atoms with Crippen molar-refractivity contribution in [2.45, 2.75) is 18.9 Å². The Labute approximate surface area is 77.2 Å². The topological polar surface area (TPSA) is 46.6 Å². The molecule has 0 aromatic carbocycles. The molecule has 1 heterocycles. The molecule has 0 spiro atoms. The molecule has 1 amide bonds. The molecule has 1 fully saturated rings. The average Bonchev–Trinajstić information content (AvgIpc) is 2.63. The number of nitrogens with zero attached hydrogens (tertiary/aromatic N) is 1. The quantitative estimate of drug-likeness (QED) is 0.458. The maximum Gasteiger partial charge on any atom is 0.328 e. The molecule has 4 heteroatoms. The van der Waals surface area contributed by atoms with Crippen LogP contribution >= 0.6 is 0 Å². The Kier molecular flexibility index (Phi) is 3.06. The van der Waals surface area contributed by atoms with Crippen LogP contribution in [0.5, 0.6) is 0 Å². The monoisotopic (exact) mass is 183 g/mol. The van der Waals surface area contributed by atoms with Gasteiger partial charge in [0.2, 0.25) is 5.91 Å². The molecule has 72 valence electrons. The highest BCUT2D eigenvalue weighted by Crippen LogP contribution is 2.18. The Hall–Kier alpha value is -1.32. The molecular weight excluding hydrogens is 170 g/mol. The first-order chi connectivity index (χ1) is 6.20. The van der Waals surface area contributed by atoms with Crippen molar-refractivity contribution in [1.82, 2.24) is 4.90 Å². The summed E-state index contributed by atoms with van der Waals surface area (Å²) in [7, 11) is 1.33. The summed E-state index contributed by atoms with van der Waals surface area (Å²) in [4.78, 5) is 23.9. The van der Waals surface area contributed by atoms with Crippen molar-refractivity contribution < 1.29 is 14.3 Å². The summed E-state index contributed by atoms with van der Waals surface area (Å²) in [5, 5.41) is 0. The van der Waals surface area contributed by atoms with E-state index in [2.05, 4.69) is 11.3 Å². The minimum Gasteiger partial charge on any atom is -0.467 e. The van der Waals surface area contributed by atoms with E-state index >= 15 is 0 Å². The van der Waals surface area contributed by atoms with Crippen LogP contribution in [0.2, 0.25) is 0 Å². The zero-order chi connectivity index (χ0) is 9.84. The van der Waals surface area contributed by atoms with E-state index in [9.17, 15) is 9.59 Å². The average molecular weight is 183 g/mol. The van der Waals surface area contributed by atoms with Crippen LogP contribution in [0.4, 0.5) is 0 Å². The summed E-state index contributed by atoms with van der Waals surface area (Å²) in [6.07, 6.45) is 2.76. The third-order valence-corrected chi connectivity index (χ3v) is 2.18. The summed E-state index contributed by atoms with van der Waals surface area (Å²) < 4.78 is 4.59. The number of methoxy groups -OCH3 is 1. The molecule has 4 nitrogen and oxygen atoms in total. The minimum atomic E-state index is -0.407. The fourth-order valence-corrected chi connectivity index (χ4v) is 1.53. The Morgan fingerprint density at radius 1 is 1.62 bits per heavy atom. The van der Waals surface area contributed by atoms with Crippen LogP contribution in [0.25, 0.3) is 0 Å². The predicted octanol–water partition coefficient (Wildman–Crippen LogP) is 0.336. The van der Waals surface area contributed by atoms with Crippen molar-refractivity contribution in [2.24, 2.45) is 0 Å². The van der Waals surface area contributed by atoms with Crippen molar-refractivity contribution in [2.75, 3.05) is 13.7 Å².